The first-order valence-electron chi connectivity index (χ1n) is 11.3. The number of hydrogen-bond donors (Lipinski definition) is 1. The highest BCUT2D eigenvalue weighted by atomic mass is 32.1. The molecule has 0 radical (unpaired) electrons. The minimum absolute atomic E-state index is 0.0755. The smallest absolute Gasteiger partial charge is 0.341 e. The molecular weight excluding hydrogens is 444 g/mol. The number of aryl methyl sites for hydroxylation is 1. The summed E-state index contributed by atoms with van der Waals surface area (Å²) in [5.74, 6) is -0.494. The predicted molar refractivity (Wildman–Crippen MR) is 127 cm³/mol. The van der Waals surface area contributed by atoms with Gasteiger partial charge in [-0.05, 0) is 50.3 Å². The van der Waals surface area contributed by atoms with Crippen LogP contribution in [0.5, 0.6) is 0 Å². The van der Waals surface area contributed by atoms with Crippen molar-refractivity contribution < 1.29 is 19.2 Å². The molecule has 0 bridgehead atoms. The SMILES string of the molecule is CCOC(=O)c1c(NC(=O)CN2CCN(c3ccc([N+](=O)[O-])cc3)CC2)sc2c1CCCC2. The molecule has 176 valence electrons. The number of ether oxygens (including phenoxy) is 1. The summed E-state index contributed by atoms with van der Waals surface area (Å²) < 4.78 is 5.26. The van der Waals surface area contributed by atoms with Gasteiger partial charge in [-0.25, -0.2) is 4.79 Å². The maximum Gasteiger partial charge on any atom is 0.341 e. The van der Waals surface area contributed by atoms with Crippen LogP contribution in [0.2, 0.25) is 0 Å². The molecule has 0 unspecified atom stereocenters. The molecule has 33 heavy (non-hydrogen) atoms. The van der Waals surface area contributed by atoms with Gasteiger partial charge in [0.1, 0.15) is 5.00 Å². The summed E-state index contributed by atoms with van der Waals surface area (Å²) in [5, 5.41) is 14.4. The number of rotatable bonds is 7. The second-order valence-corrected chi connectivity index (χ2v) is 9.33. The van der Waals surface area contributed by atoms with Crippen LogP contribution in [0.4, 0.5) is 16.4 Å². The second-order valence-electron chi connectivity index (χ2n) is 8.22. The van der Waals surface area contributed by atoms with Gasteiger partial charge in [-0.1, -0.05) is 0 Å². The summed E-state index contributed by atoms with van der Waals surface area (Å²) in [6.45, 7) is 5.20. The molecule has 0 saturated carbocycles. The Labute approximate surface area is 196 Å². The zero-order valence-electron chi connectivity index (χ0n) is 18.7. The molecule has 1 aliphatic carbocycles. The number of non-ortho nitro benzene ring substituents is 1. The maximum absolute atomic E-state index is 12.8. The number of nitro benzene ring substituents is 1. The number of amides is 1. The van der Waals surface area contributed by atoms with Crippen molar-refractivity contribution in [2.45, 2.75) is 32.6 Å². The summed E-state index contributed by atoms with van der Waals surface area (Å²) in [5.41, 5.74) is 2.59. The highest BCUT2D eigenvalue weighted by molar-refractivity contribution is 7.17. The number of fused-ring (bicyclic) bond motifs is 1. The number of nitro groups is 1. The van der Waals surface area contributed by atoms with Crippen LogP contribution in [0.25, 0.3) is 0 Å². The van der Waals surface area contributed by atoms with Gasteiger partial charge in [0.15, 0.2) is 0 Å². The van der Waals surface area contributed by atoms with E-state index in [-0.39, 0.29) is 24.1 Å². The van der Waals surface area contributed by atoms with Gasteiger partial charge in [0, 0.05) is 48.9 Å². The molecule has 4 rings (SSSR count). The molecule has 10 heteroatoms. The van der Waals surface area contributed by atoms with E-state index in [4.69, 9.17) is 4.74 Å². The van der Waals surface area contributed by atoms with E-state index in [2.05, 4.69) is 15.1 Å². The average Bonchev–Trinajstić information content (AvgIpc) is 3.17. The fourth-order valence-electron chi connectivity index (χ4n) is 4.39. The summed E-state index contributed by atoms with van der Waals surface area (Å²) >= 11 is 1.50. The van der Waals surface area contributed by atoms with Crippen LogP contribution in [0.3, 0.4) is 0 Å². The van der Waals surface area contributed by atoms with Crippen LogP contribution in [-0.2, 0) is 22.4 Å². The Balaban J connectivity index is 1.35. The molecule has 1 amide bonds. The number of nitrogens with zero attached hydrogens (tertiary/aromatic N) is 3. The molecule has 1 aromatic carbocycles. The monoisotopic (exact) mass is 472 g/mol. The number of hydrogen-bond acceptors (Lipinski definition) is 8. The highest BCUT2D eigenvalue weighted by Gasteiger charge is 2.28. The van der Waals surface area contributed by atoms with E-state index in [1.807, 2.05) is 0 Å². The molecule has 2 aromatic rings. The minimum atomic E-state index is -0.405. The largest absolute Gasteiger partial charge is 0.462 e. The number of thiophene rings is 1. The molecule has 1 N–H and O–H groups in total. The summed E-state index contributed by atoms with van der Waals surface area (Å²) in [4.78, 5) is 41.2. The molecule has 1 aliphatic heterocycles. The van der Waals surface area contributed by atoms with E-state index in [1.54, 1.807) is 19.1 Å². The first kappa shape index (κ1) is 23.2. The molecule has 0 atom stereocenters. The Morgan fingerprint density at radius 3 is 2.48 bits per heavy atom. The summed E-state index contributed by atoms with van der Waals surface area (Å²) in [7, 11) is 0. The lowest BCUT2D eigenvalue weighted by atomic mass is 9.95. The van der Waals surface area contributed by atoms with Crippen molar-refractivity contribution in [2.75, 3.05) is 49.5 Å². The molecule has 1 fully saturated rings. The Bertz CT molecular complexity index is 1030. The molecule has 0 spiro atoms. The van der Waals surface area contributed by atoms with Crippen LogP contribution < -0.4 is 10.2 Å². The predicted octanol–water partition coefficient (Wildman–Crippen LogP) is 3.47. The van der Waals surface area contributed by atoms with E-state index >= 15 is 0 Å². The van der Waals surface area contributed by atoms with Crippen molar-refractivity contribution in [2.24, 2.45) is 0 Å². The third kappa shape index (κ3) is 5.33. The van der Waals surface area contributed by atoms with Crippen LogP contribution >= 0.6 is 11.3 Å². The fourth-order valence-corrected chi connectivity index (χ4v) is 5.69. The third-order valence-corrected chi connectivity index (χ3v) is 7.28. The second kappa shape index (κ2) is 10.3. The lowest BCUT2D eigenvalue weighted by Crippen LogP contribution is -2.48. The van der Waals surface area contributed by atoms with Crippen molar-refractivity contribution in [1.29, 1.82) is 0 Å². The standard InChI is InChI=1S/C23H28N4O5S/c1-2-32-23(29)21-18-5-3-4-6-19(18)33-22(21)24-20(28)15-25-11-13-26(14-12-25)16-7-9-17(10-8-16)27(30)31/h7-10H,2-6,11-15H2,1H3,(H,24,28). The Morgan fingerprint density at radius 1 is 1.12 bits per heavy atom. The summed E-state index contributed by atoms with van der Waals surface area (Å²) in [6, 6.07) is 6.54. The van der Waals surface area contributed by atoms with Crippen molar-refractivity contribution in [3.63, 3.8) is 0 Å². The Kier molecular flexibility index (Phi) is 7.24. The molecule has 9 nitrogen and oxygen atoms in total. The zero-order valence-corrected chi connectivity index (χ0v) is 19.5. The first-order valence-corrected chi connectivity index (χ1v) is 12.1. The van der Waals surface area contributed by atoms with Gasteiger partial charge < -0.3 is 15.0 Å². The average molecular weight is 473 g/mol. The van der Waals surface area contributed by atoms with Gasteiger partial charge in [0.05, 0.1) is 23.6 Å². The van der Waals surface area contributed by atoms with E-state index in [9.17, 15) is 19.7 Å². The molecule has 1 aromatic heterocycles. The number of esters is 1. The number of carbonyl (C=O) groups excluding carboxylic acids is 2. The lowest BCUT2D eigenvalue weighted by molar-refractivity contribution is -0.384. The van der Waals surface area contributed by atoms with Gasteiger partial charge in [-0.2, -0.15) is 0 Å². The molecular formula is C23H28N4O5S. The van der Waals surface area contributed by atoms with Crippen molar-refractivity contribution in [3.8, 4) is 0 Å². The van der Waals surface area contributed by atoms with Crippen LogP contribution in [0, 0.1) is 10.1 Å². The van der Waals surface area contributed by atoms with E-state index in [0.29, 0.717) is 30.3 Å². The van der Waals surface area contributed by atoms with E-state index in [1.165, 1.54) is 28.3 Å². The van der Waals surface area contributed by atoms with Crippen molar-refractivity contribution >= 4 is 39.6 Å². The van der Waals surface area contributed by atoms with Crippen LogP contribution in [0.15, 0.2) is 24.3 Å². The third-order valence-electron chi connectivity index (χ3n) is 6.07. The molecule has 2 heterocycles. The van der Waals surface area contributed by atoms with Gasteiger partial charge in [-0.15, -0.1) is 11.3 Å². The van der Waals surface area contributed by atoms with Gasteiger partial charge in [0.2, 0.25) is 5.91 Å². The van der Waals surface area contributed by atoms with Crippen LogP contribution in [0.1, 0.15) is 40.6 Å². The topological polar surface area (TPSA) is 105 Å². The maximum atomic E-state index is 12.8. The van der Waals surface area contributed by atoms with Crippen LogP contribution in [-0.4, -0.2) is 61.0 Å². The minimum Gasteiger partial charge on any atom is -0.462 e. The van der Waals surface area contributed by atoms with Crippen molar-refractivity contribution in [3.05, 3.63) is 50.4 Å². The first-order chi connectivity index (χ1) is 16.0. The van der Waals surface area contributed by atoms with Gasteiger partial charge in [-0.3, -0.25) is 19.8 Å². The molecule has 2 aliphatic rings. The zero-order chi connectivity index (χ0) is 23.4. The van der Waals surface area contributed by atoms with E-state index in [0.717, 1.165) is 50.0 Å². The van der Waals surface area contributed by atoms with Crippen molar-refractivity contribution in [1.82, 2.24) is 4.90 Å². The molecule has 1 saturated heterocycles. The number of nitrogens with one attached hydrogen (secondary N) is 1. The van der Waals surface area contributed by atoms with E-state index < -0.39 is 4.92 Å². The number of carbonyl (C=O) groups is 2. The fraction of sp³-hybridized carbons (Fsp3) is 0.478. The number of anilines is 2. The Morgan fingerprint density at radius 2 is 1.82 bits per heavy atom. The Hall–Kier alpha value is -2.98. The normalized spacial score (nSPS) is 16.2. The van der Waals surface area contributed by atoms with Gasteiger partial charge in [0.25, 0.3) is 5.69 Å². The number of benzene rings is 1. The summed E-state index contributed by atoms with van der Waals surface area (Å²) in [6.07, 6.45) is 3.93. The quantitative estimate of drug-likeness (QED) is 0.374. The highest BCUT2D eigenvalue weighted by Crippen LogP contribution is 2.38. The van der Waals surface area contributed by atoms with Gasteiger partial charge >= 0.3 is 5.97 Å². The lowest BCUT2D eigenvalue weighted by Gasteiger charge is -2.35. The number of piperazine rings is 1.